The normalized spacial score (nSPS) is 13.0. The molecule has 2 N–H and O–H groups in total. The number of hydrogen-bond acceptors (Lipinski definition) is 4. The molecule has 0 amide bonds. The lowest BCUT2D eigenvalue weighted by atomic mass is 10.1. The average Bonchev–Trinajstić information content (AvgIpc) is 2.71. The van der Waals surface area contributed by atoms with Gasteiger partial charge >= 0.3 is 0 Å². The smallest absolute Gasteiger partial charge is 0.231 e. The molecule has 5 heteroatoms. The van der Waals surface area contributed by atoms with E-state index in [9.17, 15) is 0 Å². The van der Waals surface area contributed by atoms with Crippen molar-refractivity contribution in [3.63, 3.8) is 0 Å². The highest BCUT2D eigenvalue weighted by Crippen LogP contribution is 2.47. The van der Waals surface area contributed by atoms with E-state index in [1.54, 1.807) is 7.11 Å². The van der Waals surface area contributed by atoms with Gasteiger partial charge in [-0.1, -0.05) is 0 Å². The Morgan fingerprint density at radius 2 is 2.20 bits per heavy atom. The first-order valence-electron chi connectivity index (χ1n) is 4.63. The number of methoxy groups -OCH3 is 1. The Kier molecular flexibility index (Phi) is 3.02. The zero-order valence-electron chi connectivity index (χ0n) is 8.38. The third kappa shape index (κ3) is 1.77. The fourth-order valence-corrected chi connectivity index (χ4v) is 2.15. The first-order valence-corrected chi connectivity index (χ1v) is 5.42. The van der Waals surface area contributed by atoms with Gasteiger partial charge in [-0.3, -0.25) is 0 Å². The number of rotatable bonds is 3. The van der Waals surface area contributed by atoms with Crippen LogP contribution in [-0.2, 0) is 6.42 Å². The van der Waals surface area contributed by atoms with Crippen LogP contribution >= 0.6 is 15.9 Å². The van der Waals surface area contributed by atoms with Crippen molar-refractivity contribution in [3.8, 4) is 17.2 Å². The lowest BCUT2D eigenvalue weighted by Gasteiger charge is -2.10. The fraction of sp³-hybridized carbons (Fsp3) is 0.400. The third-order valence-electron chi connectivity index (χ3n) is 2.26. The van der Waals surface area contributed by atoms with Gasteiger partial charge in [0.05, 0.1) is 11.6 Å². The van der Waals surface area contributed by atoms with Crippen molar-refractivity contribution >= 4 is 15.9 Å². The van der Waals surface area contributed by atoms with E-state index in [0.29, 0.717) is 23.8 Å². The largest absolute Gasteiger partial charge is 0.493 e. The molecule has 0 fully saturated rings. The third-order valence-corrected chi connectivity index (χ3v) is 3.13. The minimum absolute atomic E-state index is 0.233. The van der Waals surface area contributed by atoms with Crippen molar-refractivity contribution in [3.05, 3.63) is 16.1 Å². The van der Waals surface area contributed by atoms with Gasteiger partial charge in [-0.15, -0.1) is 0 Å². The minimum Gasteiger partial charge on any atom is -0.493 e. The van der Waals surface area contributed by atoms with Crippen LogP contribution < -0.4 is 19.9 Å². The van der Waals surface area contributed by atoms with Crippen LogP contribution in [-0.4, -0.2) is 20.4 Å². The van der Waals surface area contributed by atoms with Crippen LogP contribution in [0.4, 0.5) is 0 Å². The minimum atomic E-state index is 0.233. The maximum absolute atomic E-state index is 5.53. The molecule has 1 aliphatic heterocycles. The van der Waals surface area contributed by atoms with Crippen LogP contribution in [0.1, 0.15) is 5.56 Å². The van der Waals surface area contributed by atoms with Gasteiger partial charge in [-0.05, 0) is 40.5 Å². The molecule has 1 heterocycles. The average molecular weight is 274 g/mol. The maximum atomic E-state index is 5.53. The first kappa shape index (κ1) is 10.6. The summed E-state index contributed by atoms with van der Waals surface area (Å²) in [6, 6.07) is 1.92. The van der Waals surface area contributed by atoms with Gasteiger partial charge in [0.25, 0.3) is 0 Å². The molecule has 1 aliphatic rings. The van der Waals surface area contributed by atoms with E-state index in [1.807, 2.05) is 6.07 Å². The van der Waals surface area contributed by atoms with Crippen LogP contribution in [0.15, 0.2) is 10.5 Å². The standard InChI is InChI=1S/C10H12BrNO3/c1-13-7-4-6(2-3-12)8(11)10-9(7)14-5-15-10/h4H,2-3,5,12H2,1H3. The molecule has 1 aromatic carbocycles. The van der Waals surface area contributed by atoms with E-state index < -0.39 is 0 Å². The van der Waals surface area contributed by atoms with E-state index in [0.717, 1.165) is 16.5 Å². The summed E-state index contributed by atoms with van der Waals surface area (Å²) < 4.78 is 16.8. The summed E-state index contributed by atoms with van der Waals surface area (Å²) in [5.41, 5.74) is 6.60. The Bertz CT molecular complexity index is 381. The van der Waals surface area contributed by atoms with E-state index in [1.165, 1.54) is 0 Å². The first-order chi connectivity index (χ1) is 7.27. The van der Waals surface area contributed by atoms with Crippen molar-refractivity contribution in [2.75, 3.05) is 20.4 Å². The number of nitrogens with two attached hydrogens (primary N) is 1. The zero-order valence-corrected chi connectivity index (χ0v) is 9.96. The lowest BCUT2D eigenvalue weighted by Crippen LogP contribution is -2.04. The number of ether oxygens (including phenoxy) is 3. The second-order valence-electron chi connectivity index (χ2n) is 3.16. The van der Waals surface area contributed by atoms with Gasteiger partial charge in [0.1, 0.15) is 0 Å². The predicted molar refractivity (Wildman–Crippen MR) is 59.6 cm³/mol. The quantitative estimate of drug-likeness (QED) is 0.911. The molecule has 0 aromatic heterocycles. The van der Waals surface area contributed by atoms with E-state index >= 15 is 0 Å². The van der Waals surface area contributed by atoms with Gasteiger partial charge in [-0.25, -0.2) is 0 Å². The van der Waals surface area contributed by atoms with E-state index in [-0.39, 0.29) is 6.79 Å². The van der Waals surface area contributed by atoms with Crippen molar-refractivity contribution in [1.82, 2.24) is 0 Å². The summed E-state index contributed by atoms with van der Waals surface area (Å²) in [6.45, 7) is 0.817. The summed E-state index contributed by atoms with van der Waals surface area (Å²) in [5.74, 6) is 2.05. The molecule has 82 valence electrons. The molecule has 0 atom stereocenters. The molecule has 2 rings (SSSR count). The van der Waals surface area contributed by atoms with E-state index in [2.05, 4.69) is 15.9 Å². The second kappa shape index (κ2) is 4.28. The van der Waals surface area contributed by atoms with Gasteiger partial charge in [-0.2, -0.15) is 0 Å². The molecule has 1 aromatic rings. The lowest BCUT2D eigenvalue weighted by molar-refractivity contribution is 0.170. The number of fused-ring (bicyclic) bond motifs is 1. The molecule has 0 radical (unpaired) electrons. The summed E-state index contributed by atoms with van der Waals surface area (Å²) in [5, 5.41) is 0. The Hall–Kier alpha value is -0.940. The molecule has 0 unspecified atom stereocenters. The van der Waals surface area contributed by atoms with Gasteiger partial charge < -0.3 is 19.9 Å². The highest BCUT2D eigenvalue weighted by atomic mass is 79.9. The Balaban J connectivity index is 2.51. The molecular weight excluding hydrogens is 262 g/mol. The molecule has 0 saturated heterocycles. The summed E-state index contributed by atoms with van der Waals surface area (Å²) >= 11 is 3.48. The number of benzene rings is 1. The Morgan fingerprint density at radius 3 is 2.87 bits per heavy atom. The zero-order chi connectivity index (χ0) is 10.8. The predicted octanol–water partition coefficient (Wildman–Crippen LogP) is 1.69. The highest BCUT2D eigenvalue weighted by molar-refractivity contribution is 9.10. The Labute approximate surface area is 96.4 Å². The summed E-state index contributed by atoms with van der Waals surface area (Å²) in [6.07, 6.45) is 0.771. The van der Waals surface area contributed by atoms with Crippen molar-refractivity contribution in [2.24, 2.45) is 5.73 Å². The number of halogens is 1. The SMILES string of the molecule is COc1cc(CCN)c(Br)c2c1OCO2. The van der Waals surface area contributed by atoms with Crippen LogP contribution in [0.25, 0.3) is 0 Å². The molecule has 4 nitrogen and oxygen atoms in total. The molecule has 0 aliphatic carbocycles. The van der Waals surface area contributed by atoms with Crippen LogP contribution in [0.3, 0.4) is 0 Å². The van der Waals surface area contributed by atoms with Crippen molar-refractivity contribution < 1.29 is 14.2 Å². The molecular formula is C10H12BrNO3. The van der Waals surface area contributed by atoms with Crippen molar-refractivity contribution in [2.45, 2.75) is 6.42 Å². The van der Waals surface area contributed by atoms with Crippen LogP contribution in [0, 0.1) is 0 Å². The number of hydrogen-bond donors (Lipinski definition) is 1. The van der Waals surface area contributed by atoms with Gasteiger partial charge in [0.2, 0.25) is 12.5 Å². The van der Waals surface area contributed by atoms with Gasteiger partial charge in [0, 0.05) is 0 Å². The van der Waals surface area contributed by atoms with Crippen LogP contribution in [0.5, 0.6) is 17.2 Å². The second-order valence-corrected chi connectivity index (χ2v) is 3.95. The monoisotopic (exact) mass is 273 g/mol. The topological polar surface area (TPSA) is 53.7 Å². The molecule has 15 heavy (non-hydrogen) atoms. The van der Waals surface area contributed by atoms with Crippen molar-refractivity contribution in [1.29, 1.82) is 0 Å². The highest BCUT2D eigenvalue weighted by Gasteiger charge is 2.24. The summed E-state index contributed by atoms with van der Waals surface area (Å²) in [4.78, 5) is 0. The molecule has 0 bridgehead atoms. The van der Waals surface area contributed by atoms with Gasteiger partial charge in [0.15, 0.2) is 11.5 Å². The van der Waals surface area contributed by atoms with E-state index in [4.69, 9.17) is 19.9 Å². The molecule has 0 spiro atoms. The molecule has 0 saturated carbocycles. The fourth-order valence-electron chi connectivity index (χ4n) is 1.55. The Morgan fingerprint density at radius 1 is 1.47 bits per heavy atom. The van der Waals surface area contributed by atoms with Crippen LogP contribution in [0.2, 0.25) is 0 Å². The maximum Gasteiger partial charge on any atom is 0.231 e. The summed E-state index contributed by atoms with van der Waals surface area (Å²) in [7, 11) is 1.61.